The van der Waals surface area contributed by atoms with Crippen molar-refractivity contribution >= 4 is 11.9 Å². The highest BCUT2D eigenvalue weighted by Crippen LogP contribution is 2.25. The first kappa shape index (κ1) is 11.4. The molecule has 0 aromatic rings. The molecule has 2 rings (SSSR count). The number of hydrogen-bond donors (Lipinski definition) is 0. The van der Waals surface area contributed by atoms with Gasteiger partial charge in [0, 0.05) is 33.1 Å². The Labute approximate surface area is 97.3 Å². The summed E-state index contributed by atoms with van der Waals surface area (Å²) in [6.45, 7) is 1.93. The second-order valence-corrected chi connectivity index (χ2v) is 4.93. The van der Waals surface area contributed by atoms with E-state index < -0.39 is 0 Å². The second kappa shape index (κ2) is 4.85. The fourth-order valence-electron chi connectivity index (χ4n) is 2.50. The van der Waals surface area contributed by atoms with E-state index in [1.807, 2.05) is 14.1 Å². The number of rotatable bonds is 1. The minimum absolute atomic E-state index is 0.0929. The molecule has 0 unspecified atom stereocenters. The number of amides is 1. The number of likely N-dealkylation sites (N-methyl/N-ethyl adjacent to an activating group) is 2. The Morgan fingerprint density at radius 3 is 2.25 bits per heavy atom. The van der Waals surface area contributed by atoms with Gasteiger partial charge >= 0.3 is 0 Å². The highest BCUT2D eigenvalue weighted by atomic mass is 16.1. The van der Waals surface area contributed by atoms with E-state index in [2.05, 4.69) is 14.8 Å². The van der Waals surface area contributed by atoms with E-state index in [4.69, 9.17) is 0 Å². The van der Waals surface area contributed by atoms with Crippen LogP contribution in [0.4, 0.5) is 0 Å². The van der Waals surface area contributed by atoms with Gasteiger partial charge in [0.25, 0.3) is 5.91 Å². The summed E-state index contributed by atoms with van der Waals surface area (Å²) < 4.78 is 0. The van der Waals surface area contributed by atoms with Gasteiger partial charge in [0.1, 0.15) is 0 Å². The molecule has 0 atom stereocenters. The lowest BCUT2D eigenvalue weighted by molar-refractivity contribution is -0.122. The zero-order valence-electron chi connectivity index (χ0n) is 10.3. The van der Waals surface area contributed by atoms with Crippen LogP contribution in [-0.2, 0) is 4.79 Å². The number of carbonyl (C=O) groups excluding carboxylic acids is 1. The van der Waals surface area contributed by atoms with Crippen LogP contribution in [0.15, 0.2) is 4.99 Å². The van der Waals surface area contributed by atoms with E-state index in [1.165, 1.54) is 19.3 Å². The first-order chi connectivity index (χ1) is 7.68. The van der Waals surface area contributed by atoms with Crippen LogP contribution < -0.4 is 0 Å². The molecule has 4 heteroatoms. The lowest BCUT2D eigenvalue weighted by atomic mass is 9.89. The Kier molecular flexibility index (Phi) is 3.46. The van der Waals surface area contributed by atoms with Crippen molar-refractivity contribution in [3.05, 3.63) is 0 Å². The van der Waals surface area contributed by atoms with Gasteiger partial charge in [-0.25, -0.2) is 0 Å². The van der Waals surface area contributed by atoms with Gasteiger partial charge in [-0.3, -0.25) is 4.79 Å². The molecule has 1 aliphatic carbocycles. The van der Waals surface area contributed by atoms with E-state index in [0.717, 1.165) is 31.9 Å². The highest BCUT2D eigenvalue weighted by Gasteiger charge is 2.25. The van der Waals surface area contributed by atoms with Crippen molar-refractivity contribution in [2.24, 2.45) is 10.9 Å². The predicted octanol–water partition coefficient (Wildman–Crippen LogP) is 1.33. The highest BCUT2D eigenvalue weighted by molar-refractivity contribution is 5.94. The normalized spacial score (nSPS) is 22.8. The smallest absolute Gasteiger partial charge is 0.251 e. The zero-order valence-corrected chi connectivity index (χ0v) is 10.3. The molecule has 2 aliphatic rings. The predicted molar refractivity (Wildman–Crippen MR) is 64.3 cm³/mol. The van der Waals surface area contributed by atoms with Crippen LogP contribution in [0.2, 0.25) is 0 Å². The van der Waals surface area contributed by atoms with Gasteiger partial charge < -0.3 is 9.80 Å². The summed E-state index contributed by atoms with van der Waals surface area (Å²) in [6, 6.07) is 0. The molecule has 0 radical (unpaired) electrons. The first-order valence-electron chi connectivity index (χ1n) is 6.23. The number of nitrogens with zero attached hydrogens (tertiary/aromatic N) is 3. The van der Waals surface area contributed by atoms with Crippen LogP contribution >= 0.6 is 0 Å². The van der Waals surface area contributed by atoms with Crippen molar-refractivity contribution in [2.45, 2.75) is 32.1 Å². The average molecular weight is 223 g/mol. The van der Waals surface area contributed by atoms with E-state index in [9.17, 15) is 4.79 Å². The van der Waals surface area contributed by atoms with Crippen LogP contribution in [0.25, 0.3) is 0 Å². The molecule has 0 aromatic heterocycles. The Morgan fingerprint density at radius 1 is 1.12 bits per heavy atom. The third-order valence-electron chi connectivity index (χ3n) is 3.62. The van der Waals surface area contributed by atoms with Gasteiger partial charge in [0.2, 0.25) is 5.96 Å². The SMILES string of the molecule is CN1CCN(C)C1=NC(=O)C1CCCCC1. The number of guanidine groups is 1. The van der Waals surface area contributed by atoms with Gasteiger partial charge in [0.15, 0.2) is 0 Å². The molecule has 16 heavy (non-hydrogen) atoms. The van der Waals surface area contributed by atoms with E-state index in [0.29, 0.717) is 0 Å². The number of hydrogen-bond acceptors (Lipinski definition) is 1. The van der Waals surface area contributed by atoms with Crippen LogP contribution in [-0.4, -0.2) is 48.9 Å². The third-order valence-corrected chi connectivity index (χ3v) is 3.62. The maximum Gasteiger partial charge on any atom is 0.251 e. The van der Waals surface area contributed by atoms with E-state index >= 15 is 0 Å². The molecular weight excluding hydrogens is 202 g/mol. The van der Waals surface area contributed by atoms with Crippen LogP contribution in [0, 0.1) is 5.92 Å². The van der Waals surface area contributed by atoms with Gasteiger partial charge in [-0.2, -0.15) is 4.99 Å². The fraction of sp³-hybridized carbons (Fsp3) is 0.833. The molecular formula is C12H21N3O. The monoisotopic (exact) mass is 223 g/mol. The van der Waals surface area contributed by atoms with Crippen molar-refractivity contribution < 1.29 is 4.79 Å². The maximum absolute atomic E-state index is 12.0. The molecule has 0 bridgehead atoms. The summed E-state index contributed by atoms with van der Waals surface area (Å²) in [5.74, 6) is 1.12. The molecule has 4 nitrogen and oxygen atoms in total. The van der Waals surface area contributed by atoms with Crippen molar-refractivity contribution in [1.29, 1.82) is 0 Å². The Bertz CT molecular complexity index is 283. The molecule has 0 N–H and O–H groups in total. The largest absolute Gasteiger partial charge is 0.344 e. The second-order valence-electron chi connectivity index (χ2n) is 4.93. The molecule has 0 aromatic carbocycles. The van der Waals surface area contributed by atoms with Gasteiger partial charge in [-0.15, -0.1) is 0 Å². The van der Waals surface area contributed by atoms with Crippen LogP contribution in [0.3, 0.4) is 0 Å². The van der Waals surface area contributed by atoms with Gasteiger partial charge in [0.05, 0.1) is 0 Å². The summed E-state index contributed by atoms with van der Waals surface area (Å²) in [7, 11) is 3.99. The van der Waals surface area contributed by atoms with Crippen molar-refractivity contribution in [2.75, 3.05) is 27.2 Å². The quantitative estimate of drug-likeness (QED) is 0.673. The lowest BCUT2D eigenvalue weighted by Gasteiger charge is -2.20. The van der Waals surface area contributed by atoms with Crippen molar-refractivity contribution in [1.82, 2.24) is 9.80 Å². The molecule has 1 heterocycles. The minimum atomic E-state index is 0.0929. The maximum atomic E-state index is 12.0. The van der Waals surface area contributed by atoms with Gasteiger partial charge in [-0.05, 0) is 12.8 Å². The molecule has 0 spiro atoms. The standard InChI is InChI=1S/C12H21N3O/c1-14-8-9-15(2)12(14)13-11(16)10-6-4-3-5-7-10/h10H,3-9H2,1-2H3. The van der Waals surface area contributed by atoms with Gasteiger partial charge in [-0.1, -0.05) is 19.3 Å². The molecule has 90 valence electrons. The Balaban J connectivity index is 2.01. The van der Waals surface area contributed by atoms with E-state index in [1.54, 1.807) is 0 Å². The summed E-state index contributed by atoms with van der Waals surface area (Å²) in [5, 5.41) is 0. The molecule has 2 fully saturated rings. The third kappa shape index (κ3) is 2.36. The van der Waals surface area contributed by atoms with Crippen LogP contribution in [0.5, 0.6) is 0 Å². The fourth-order valence-corrected chi connectivity index (χ4v) is 2.50. The Hall–Kier alpha value is -1.06. The summed E-state index contributed by atoms with van der Waals surface area (Å²) >= 11 is 0. The summed E-state index contributed by atoms with van der Waals surface area (Å²) in [4.78, 5) is 20.4. The average Bonchev–Trinajstić information content (AvgIpc) is 2.62. The molecule has 1 saturated carbocycles. The van der Waals surface area contributed by atoms with Crippen molar-refractivity contribution in [3.8, 4) is 0 Å². The number of aliphatic imine (C=N–C) groups is 1. The first-order valence-corrected chi connectivity index (χ1v) is 6.23. The molecule has 1 saturated heterocycles. The zero-order chi connectivity index (χ0) is 11.5. The lowest BCUT2D eigenvalue weighted by Crippen LogP contribution is -2.30. The topological polar surface area (TPSA) is 35.9 Å². The number of carbonyl (C=O) groups is 1. The summed E-state index contributed by atoms with van der Waals surface area (Å²) in [5.41, 5.74) is 0. The minimum Gasteiger partial charge on any atom is -0.344 e. The summed E-state index contributed by atoms with van der Waals surface area (Å²) in [6.07, 6.45) is 5.71. The van der Waals surface area contributed by atoms with E-state index in [-0.39, 0.29) is 11.8 Å². The molecule has 1 amide bonds. The Morgan fingerprint density at radius 2 is 1.69 bits per heavy atom. The van der Waals surface area contributed by atoms with Crippen molar-refractivity contribution in [3.63, 3.8) is 0 Å². The van der Waals surface area contributed by atoms with Crippen LogP contribution in [0.1, 0.15) is 32.1 Å². The molecule has 1 aliphatic heterocycles.